The number of azo groups is 2. The average Bonchev–Trinajstić information content (AvgIpc) is 3.27. The number of anilines is 6. The number of nitrogens with one attached hydrogen (secondary N) is 2. The van der Waals surface area contributed by atoms with E-state index in [2.05, 4.69) is 69.0 Å². The molecule has 71 heavy (non-hydrogen) atoms. The van der Waals surface area contributed by atoms with Gasteiger partial charge in [0.05, 0.1) is 62.8 Å². The van der Waals surface area contributed by atoms with Gasteiger partial charge < -0.3 is 22.1 Å². The highest BCUT2D eigenvalue weighted by atomic mass is 35.5. The van der Waals surface area contributed by atoms with Gasteiger partial charge in [0.2, 0.25) is 17.2 Å². The quantitative estimate of drug-likeness (QED) is 0.00681. The van der Waals surface area contributed by atoms with Crippen LogP contribution in [-0.2, 0) is 77.4 Å². The van der Waals surface area contributed by atoms with Crippen molar-refractivity contribution in [3.8, 4) is 0 Å². The number of sulfone groups is 2. The van der Waals surface area contributed by atoms with E-state index in [0.29, 0.717) is 24.2 Å². The van der Waals surface area contributed by atoms with Gasteiger partial charge in [0.15, 0.2) is 32.0 Å². The molecule has 0 radical (unpaired) electrons. The van der Waals surface area contributed by atoms with Crippen LogP contribution in [0.2, 0.25) is 5.28 Å². The fourth-order valence-electron chi connectivity index (χ4n) is 5.23. The third-order valence-electron chi connectivity index (χ3n) is 8.24. The van der Waals surface area contributed by atoms with Gasteiger partial charge in [-0.25, -0.2) is 31.5 Å². The van der Waals surface area contributed by atoms with Crippen molar-refractivity contribution in [3.63, 3.8) is 0 Å². The molecular weight excluding hydrogens is 1120 g/mol. The average molecular weight is 1150 g/mol. The van der Waals surface area contributed by atoms with Gasteiger partial charge in [0.1, 0.15) is 32.5 Å². The van der Waals surface area contributed by atoms with Crippen LogP contribution in [0.1, 0.15) is 0 Å². The van der Waals surface area contributed by atoms with Gasteiger partial charge in [0, 0.05) is 11.4 Å². The maximum atomic E-state index is 12.8. The highest BCUT2D eigenvalue weighted by molar-refractivity contribution is 7.94. The van der Waals surface area contributed by atoms with Gasteiger partial charge in [-0.15, -0.1) is 29.1 Å². The number of nitrogen functional groups attached to an aromatic ring is 2. The first-order valence-corrected chi connectivity index (χ1v) is 27.4. The lowest BCUT2D eigenvalue weighted by atomic mass is 10.2. The maximum Gasteiger partial charge on any atom is 0.397 e. The Labute approximate surface area is 413 Å². The molecule has 1 aromatic heterocycles. The molecule has 5 aromatic rings. The Balaban J connectivity index is 1.47. The lowest BCUT2D eigenvalue weighted by molar-refractivity contribution is -0.434. The molecule has 0 aliphatic carbocycles. The van der Waals surface area contributed by atoms with E-state index in [1.54, 1.807) is 0 Å². The minimum atomic E-state index is -5.32. The molecule has 32 nitrogen and oxygen atoms in total. The van der Waals surface area contributed by atoms with Crippen LogP contribution in [0.5, 0.6) is 0 Å². The van der Waals surface area contributed by atoms with E-state index >= 15 is 0 Å². The highest BCUT2D eigenvalue weighted by Crippen LogP contribution is 2.44. The normalized spacial score (nSPS) is 12.8. The second kappa shape index (κ2) is 23.9. The Kier molecular flexibility index (Phi) is 19.0. The molecule has 5 rings (SSSR count). The summed E-state index contributed by atoms with van der Waals surface area (Å²) in [6.45, 7) is -1.43. The molecule has 0 saturated carbocycles. The smallest absolute Gasteiger partial charge is 0.396 e. The van der Waals surface area contributed by atoms with Crippen LogP contribution < -0.4 is 22.1 Å². The molecule has 0 spiro atoms. The summed E-state index contributed by atoms with van der Waals surface area (Å²) < 4.78 is 168. The van der Waals surface area contributed by atoms with Crippen LogP contribution in [0.3, 0.4) is 0 Å². The summed E-state index contributed by atoms with van der Waals surface area (Å²) in [7, 11) is -24.1. The van der Waals surface area contributed by atoms with Crippen LogP contribution in [-0.4, -0.2) is 106 Å². The molecule has 0 saturated heterocycles. The molecule has 11 N–H and O–H groups in total. The van der Waals surface area contributed by atoms with Crippen molar-refractivity contribution >= 4 is 144 Å². The first kappa shape index (κ1) is 56.5. The van der Waals surface area contributed by atoms with E-state index in [4.69, 9.17) is 42.3 Å². The number of hydrogen-bond donors (Lipinski definition) is 9. The van der Waals surface area contributed by atoms with Crippen molar-refractivity contribution in [1.29, 1.82) is 0 Å². The zero-order valence-electron chi connectivity index (χ0n) is 34.5. The van der Waals surface area contributed by atoms with E-state index < -0.39 is 112 Å². The summed E-state index contributed by atoms with van der Waals surface area (Å²) in [6, 6.07) is 12.0. The highest BCUT2D eigenvalue weighted by Gasteiger charge is 2.26. The molecule has 0 unspecified atom stereocenters. The summed E-state index contributed by atoms with van der Waals surface area (Å²) in [5, 5.41) is 44.6. The van der Waals surface area contributed by atoms with Crippen molar-refractivity contribution < 1.29 is 93.4 Å². The fraction of sp³-hybridized carbons (Fsp3) is 0.129. The summed E-state index contributed by atoms with van der Waals surface area (Å²) in [5.41, 5.74) is 8.82. The second-order valence-corrected chi connectivity index (χ2v) is 22.6. The van der Waals surface area contributed by atoms with E-state index in [1.807, 2.05) is 0 Å². The molecule has 40 heteroatoms. The van der Waals surface area contributed by atoms with Crippen LogP contribution >= 0.6 is 36.0 Å². The predicted octanol–water partition coefficient (Wildman–Crippen LogP) is 5.30. The summed E-state index contributed by atoms with van der Waals surface area (Å²) in [6.07, 6.45) is 0. The molecule has 0 aliphatic rings. The third-order valence-corrected chi connectivity index (χ3v) is 15.0. The van der Waals surface area contributed by atoms with Crippen LogP contribution in [0, 0.1) is 0 Å². The van der Waals surface area contributed by atoms with Gasteiger partial charge in [-0.2, -0.15) is 40.2 Å². The largest absolute Gasteiger partial charge is 0.397 e. The minimum absolute atomic E-state index is 0.0224. The van der Waals surface area contributed by atoms with E-state index in [1.165, 1.54) is 42.5 Å². The molecule has 1 heterocycles. The number of hydrogen-bond acceptors (Lipinski definition) is 31. The third kappa shape index (κ3) is 16.3. The standard InChI is InChI=1S/C31H30ClN11O21S7/c32-29-37-30(35-16-2-1-3-18(12-16)67(46,47)10-8-59-66-64-62-45)39-31(38-29)36-17-4-7-23(65-63-61-44)21(13-17)41-43-28-26(33)22(15-25(27(28)34)70(53,54)55)42-40-20-6-5-19(14-24(20)69(50,51)52)68(48,49)11-9-60-71(56,57)58/h1-7,12-15,44-45H,8-11,33-34H2,(H,50,51,52)(H,53,54,55)(H,56,57,58)(H2,35,36,37,38,39)/b42-40+,43-41+. The van der Waals surface area contributed by atoms with Crippen LogP contribution in [0.4, 0.5) is 57.4 Å². The monoisotopic (exact) mass is 1150 g/mol. The summed E-state index contributed by atoms with van der Waals surface area (Å²) in [4.78, 5) is 9.07. The molecule has 0 bridgehead atoms. The lowest BCUT2D eigenvalue weighted by Gasteiger charge is -2.12. The van der Waals surface area contributed by atoms with Crippen molar-refractivity contribution in [3.05, 3.63) is 72.0 Å². The Morgan fingerprint density at radius 1 is 0.620 bits per heavy atom. The zero-order valence-corrected chi connectivity index (χ0v) is 40.9. The topological polar surface area (TPSA) is 491 Å². The fourth-order valence-corrected chi connectivity index (χ4v) is 10.1. The Morgan fingerprint density at radius 2 is 1.21 bits per heavy atom. The Bertz CT molecular complexity index is 3430. The molecule has 0 amide bonds. The van der Waals surface area contributed by atoms with Crippen LogP contribution in [0.15, 0.2) is 112 Å². The number of halogens is 1. The van der Waals surface area contributed by atoms with Crippen molar-refractivity contribution in [1.82, 2.24) is 15.0 Å². The molecule has 384 valence electrons. The minimum Gasteiger partial charge on any atom is -0.396 e. The van der Waals surface area contributed by atoms with Crippen molar-refractivity contribution in [2.75, 3.05) is 46.8 Å². The van der Waals surface area contributed by atoms with Gasteiger partial charge in [0.25, 0.3) is 20.2 Å². The summed E-state index contributed by atoms with van der Waals surface area (Å²) >= 11 is 6.74. The number of benzene rings is 4. The first-order valence-electron chi connectivity index (χ1n) is 18.0. The van der Waals surface area contributed by atoms with E-state index in [9.17, 15) is 51.2 Å². The van der Waals surface area contributed by atoms with Gasteiger partial charge in [-0.05, 0) is 72.3 Å². The van der Waals surface area contributed by atoms with Gasteiger partial charge in [-0.3, -0.25) is 17.8 Å². The molecule has 4 aromatic carbocycles. The lowest BCUT2D eigenvalue weighted by Crippen LogP contribution is -2.16. The Morgan fingerprint density at radius 3 is 1.83 bits per heavy atom. The number of rotatable bonds is 25. The first-order chi connectivity index (χ1) is 33.2. The SMILES string of the molecule is Nc1c(/N=N/c2ccc(S(=O)(=O)CCOS(=O)(=O)O)cc2S(=O)(=O)O)cc(S(=O)(=O)O)c(N)c1/N=N/c1cc(Nc2nc(Cl)nc(Nc3cccc(S(=O)(=O)CCOSOOO)c3)n2)ccc1SOOO. The van der Waals surface area contributed by atoms with Crippen LogP contribution in [0.25, 0.3) is 0 Å². The predicted molar refractivity (Wildman–Crippen MR) is 245 cm³/mol. The molecule has 0 aliphatic heterocycles. The Hall–Kier alpha value is -5.41. The number of nitrogens with two attached hydrogens (primary N) is 2. The van der Waals surface area contributed by atoms with E-state index in [-0.39, 0.29) is 63.0 Å². The van der Waals surface area contributed by atoms with Crippen molar-refractivity contribution in [2.45, 2.75) is 24.5 Å². The number of nitrogens with zero attached hydrogens (tertiary/aromatic N) is 7. The molecule has 0 fully saturated rings. The number of aromatic nitrogens is 3. The maximum absolute atomic E-state index is 12.8. The van der Waals surface area contributed by atoms with Gasteiger partial charge >= 0.3 is 10.4 Å². The molecular formula is C31H30ClN11O21S7. The van der Waals surface area contributed by atoms with Gasteiger partial charge in [-0.1, -0.05) is 16.1 Å². The molecule has 0 atom stereocenters. The van der Waals surface area contributed by atoms with Crippen molar-refractivity contribution in [2.24, 2.45) is 20.5 Å². The van der Waals surface area contributed by atoms with E-state index in [0.717, 1.165) is 12.1 Å². The summed E-state index contributed by atoms with van der Waals surface area (Å²) in [5.74, 6) is -1.97. The second-order valence-electron chi connectivity index (χ2n) is 12.9. The zero-order chi connectivity index (χ0) is 52.4.